The van der Waals surface area contributed by atoms with Gasteiger partial charge in [0, 0.05) is 31.5 Å². The van der Waals surface area contributed by atoms with E-state index in [9.17, 15) is 9.59 Å². The first-order valence-corrected chi connectivity index (χ1v) is 8.71. The van der Waals surface area contributed by atoms with Crippen molar-refractivity contribution < 1.29 is 23.8 Å². The highest BCUT2D eigenvalue weighted by Gasteiger charge is 2.26. The number of aliphatic carboxylic acids is 1. The third-order valence-electron chi connectivity index (χ3n) is 4.14. The molecule has 1 aliphatic heterocycles. The van der Waals surface area contributed by atoms with Gasteiger partial charge < -0.3 is 19.2 Å². The summed E-state index contributed by atoms with van der Waals surface area (Å²) in [6.07, 6.45) is 1.63. The van der Waals surface area contributed by atoms with Crippen LogP contribution in [0.3, 0.4) is 0 Å². The molecule has 138 valence electrons. The Balaban J connectivity index is 1.55. The van der Waals surface area contributed by atoms with Crippen molar-refractivity contribution in [1.29, 1.82) is 0 Å². The van der Waals surface area contributed by atoms with Crippen LogP contribution in [0.4, 0.5) is 0 Å². The third kappa shape index (κ3) is 4.62. The van der Waals surface area contributed by atoms with Gasteiger partial charge in [0.25, 0.3) is 0 Å². The standard InChI is InChI=1S/C18H19ClN2O5/c19-14-4-2-1-3-13(14)15-10-20-16(26-15)5-6-17(22)21-7-8-25-12(11-21)9-18(23)24/h1-4,10,12H,5-9,11H2,(H,23,24)/t12-/m0/s1. The molecule has 1 amide bonds. The van der Waals surface area contributed by atoms with Crippen LogP contribution in [0.5, 0.6) is 0 Å². The van der Waals surface area contributed by atoms with E-state index in [-0.39, 0.29) is 18.7 Å². The molecule has 0 aliphatic carbocycles. The molecule has 7 nitrogen and oxygen atoms in total. The van der Waals surface area contributed by atoms with Crippen LogP contribution in [-0.4, -0.2) is 52.7 Å². The Morgan fingerprint density at radius 1 is 1.35 bits per heavy atom. The molecule has 0 bridgehead atoms. The molecule has 1 saturated heterocycles. The lowest BCUT2D eigenvalue weighted by Gasteiger charge is -2.32. The monoisotopic (exact) mass is 378 g/mol. The molecular weight excluding hydrogens is 360 g/mol. The third-order valence-corrected chi connectivity index (χ3v) is 4.47. The summed E-state index contributed by atoms with van der Waals surface area (Å²) in [6, 6.07) is 7.31. The second-order valence-corrected chi connectivity index (χ2v) is 6.44. The van der Waals surface area contributed by atoms with Gasteiger partial charge in [0.15, 0.2) is 11.7 Å². The Morgan fingerprint density at radius 3 is 2.92 bits per heavy atom. The van der Waals surface area contributed by atoms with E-state index < -0.39 is 12.1 Å². The molecule has 1 atom stereocenters. The average Bonchev–Trinajstić information content (AvgIpc) is 3.08. The van der Waals surface area contributed by atoms with Crippen LogP contribution < -0.4 is 0 Å². The van der Waals surface area contributed by atoms with Gasteiger partial charge >= 0.3 is 5.97 Å². The van der Waals surface area contributed by atoms with Gasteiger partial charge in [-0.05, 0) is 12.1 Å². The van der Waals surface area contributed by atoms with E-state index in [1.807, 2.05) is 18.2 Å². The number of hydrogen-bond acceptors (Lipinski definition) is 5. The lowest BCUT2D eigenvalue weighted by atomic mass is 10.2. The predicted molar refractivity (Wildman–Crippen MR) is 93.8 cm³/mol. The Bertz CT molecular complexity index is 791. The highest BCUT2D eigenvalue weighted by molar-refractivity contribution is 6.33. The summed E-state index contributed by atoms with van der Waals surface area (Å²) in [4.78, 5) is 29.0. The summed E-state index contributed by atoms with van der Waals surface area (Å²) >= 11 is 6.14. The maximum absolute atomic E-state index is 12.4. The number of aromatic nitrogens is 1. The van der Waals surface area contributed by atoms with E-state index >= 15 is 0 Å². The van der Waals surface area contributed by atoms with Gasteiger partial charge in [-0.15, -0.1) is 0 Å². The number of ether oxygens (including phenoxy) is 1. The maximum atomic E-state index is 12.4. The van der Waals surface area contributed by atoms with Gasteiger partial charge in [0.2, 0.25) is 5.91 Å². The molecule has 2 heterocycles. The molecule has 1 fully saturated rings. The smallest absolute Gasteiger partial charge is 0.306 e. The lowest BCUT2D eigenvalue weighted by Crippen LogP contribution is -2.46. The van der Waals surface area contributed by atoms with Crippen LogP contribution in [0.1, 0.15) is 18.7 Å². The molecule has 0 spiro atoms. The summed E-state index contributed by atoms with van der Waals surface area (Å²) < 4.78 is 11.1. The van der Waals surface area contributed by atoms with E-state index in [0.717, 1.165) is 5.56 Å². The average molecular weight is 379 g/mol. The molecule has 1 N–H and O–H groups in total. The number of carboxylic acid groups (broad SMARTS) is 1. The zero-order chi connectivity index (χ0) is 18.5. The minimum absolute atomic E-state index is 0.0683. The van der Waals surface area contributed by atoms with E-state index in [2.05, 4.69) is 4.98 Å². The van der Waals surface area contributed by atoms with E-state index in [4.69, 9.17) is 25.9 Å². The molecular formula is C18H19ClN2O5. The number of benzene rings is 1. The van der Waals surface area contributed by atoms with Crippen LogP contribution in [-0.2, 0) is 20.7 Å². The number of halogens is 1. The minimum atomic E-state index is -0.934. The SMILES string of the molecule is O=C(O)C[C@H]1CN(C(=O)CCc2ncc(-c3ccccc3Cl)o2)CCO1. The van der Waals surface area contributed by atoms with Crippen molar-refractivity contribution in [3.8, 4) is 11.3 Å². The molecule has 2 aromatic rings. The topological polar surface area (TPSA) is 92.9 Å². The molecule has 0 radical (unpaired) electrons. The number of rotatable bonds is 6. The fraction of sp³-hybridized carbons (Fsp3) is 0.389. The van der Waals surface area contributed by atoms with Gasteiger partial charge in [0.05, 0.1) is 30.4 Å². The predicted octanol–water partition coefficient (Wildman–Crippen LogP) is 2.63. The summed E-state index contributed by atoms with van der Waals surface area (Å²) in [5.74, 6) is 0.0203. The number of morpholine rings is 1. The summed E-state index contributed by atoms with van der Waals surface area (Å²) in [6.45, 7) is 1.10. The summed E-state index contributed by atoms with van der Waals surface area (Å²) in [7, 11) is 0. The van der Waals surface area contributed by atoms with Crippen molar-refractivity contribution >= 4 is 23.5 Å². The number of hydrogen-bond donors (Lipinski definition) is 1. The van der Waals surface area contributed by atoms with Crippen LogP contribution >= 0.6 is 11.6 Å². The number of amides is 1. The zero-order valence-electron chi connectivity index (χ0n) is 14.1. The minimum Gasteiger partial charge on any atom is -0.481 e. The molecule has 3 rings (SSSR count). The molecule has 0 unspecified atom stereocenters. The molecule has 26 heavy (non-hydrogen) atoms. The Hall–Kier alpha value is -2.38. The zero-order valence-corrected chi connectivity index (χ0v) is 14.8. The first-order chi connectivity index (χ1) is 12.5. The number of carboxylic acids is 1. The molecule has 1 aliphatic rings. The first-order valence-electron chi connectivity index (χ1n) is 8.33. The fourth-order valence-corrected chi connectivity index (χ4v) is 3.08. The number of nitrogens with zero attached hydrogens (tertiary/aromatic N) is 2. The van der Waals surface area contributed by atoms with E-state index in [0.29, 0.717) is 42.8 Å². The number of oxazole rings is 1. The Kier molecular flexibility index (Phi) is 5.90. The molecule has 0 saturated carbocycles. The highest BCUT2D eigenvalue weighted by Crippen LogP contribution is 2.28. The van der Waals surface area contributed by atoms with Gasteiger partial charge in [-0.3, -0.25) is 9.59 Å². The fourth-order valence-electron chi connectivity index (χ4n) is 2.85. The van der Waals surface area contributed by atoms with Gasteiger partial charge in [-0.2, -0.15) is 0 Å². The second kappa shape index (κ2) is 8.33. The Morgan fingerprint density at radius 2 is 2.15 bits per heavy atom. The van der Waals surface area contributed by atoms with Crippen molar-refractivity contribution in [3.05, 3.63) is 41.4 Å². The van der Waals surface area contributed by atoms with Gasteiger partial charge in [0.1, 0.15) is 0 Å². The normalized spacial score (nSPS) is 17.3. The van der Waals surface area contributed by atoms with Crippen LogP contribution in [0, 0.1) is 0 Å². The number of aryl methyl sites for hydroxylation is 1. The van der Waals surface area contributed by atoms with E-state index in [1.54, 1.807) is 17.2 Å². The largest absolute Gasteiger partial charge is 0.481 e. The molecule has 8 heteroatoms. The van der Waals surface area contributed by atoms with Crippen molar-refractivity contribution in [3.63, 3.8) is 0 Å². The highest BCUT2D eigenvalue weighted by atomic mass is 35.5. The van der Waals surface area contributed by atoms with Crippen LogP contribution in [0.25, 0.3) is 11.3 Å². The van der Waals surface area contributed by atoms with Gasteiger partial charge in [-0.1, -0.05) is 23.7 Å². The van der Waals surface area contributed by atoms with Gasteiger partial charge in [-0.25, -0.2) is 4.98 Å². The summed E-state index contributed by atoms with van der Waals surface area (Å²) in [5, 5.41) is 9.42. The Labute approximate surface area is 155 Å². The van der Waals surface area contributed by atoms with Crippen LogP contribution in [0.2, 0.25) is 5.02 Å². The maximum Gasteiger partial charge on any atom is 0.306 e. The molecule has 1 aromatic heterocycles. The number of carbonyl (C=O) groups is 2. The number of carbonyl (C=O) groups excluding carboxylic acids is 1. The van der Waals surface area contributed by atoms with Crippen LogP contribution in [0.15, 0.2) is 34.9 Å². The first kappa shape index (κ1) is 18.4. The lowest BCUT2D eigenvalue weighted by molar-refractivity contribution is -0.147. The molecule has 1 aromatic carbocycles. The van der Waals surface area contributed by atoms with Crippen molar-refractivity contribution in [2.24, 2.45) is 0 Å². The van der Waals surface area contributed by atoms with Crippen molar-refractivity contribution in [2.75, 3.05) is 19.7 Å². The second-order valence-electron chi connectivity index (χ2n) is 6.03. The summed E-state index contributed by atoms with van der Waals surface area (Å²) in [5.41, 5.74) is 0.754. The quantitative estimate of drug-likeness (QED) is 0.830. The van der Waals surface area contributed by atoms with E-state index in [1.165, 1.54) is 0 Å². The van der Waals surface area contributed by atoms with Crippen molar-refractivity contribution in [1.82, 2.24) is 9.88 Å². The van der Waals surface area contributed by atoms with Crippen molar-refractivity contribution in [2.45, 2.75) is 25.4 Å².